The Balaban J connectivity index is 2.47. The molecular weight excluding hydrogens is 326 g/mol. The number of urea groups is 1. The molecule has 0 spiro atoms. The number of nitrogens with one attached hydrogen (secondary N) is 1. The van der Waals surface area contributed by atoms with Crippen LogP contribution >= 0.6 is 0 Å². The van der Waals surface area contributed by atoms with Gasteiger partial charge in [0.2, 0.25) is 0 Å². The van der Waals surface area contributed by atoms with E-state index in [0.29, 0.717) is 17.8 Å². The van der Waals surface area contributed by atoms with E-state index in [2.05, 4.69) is 11.9 Å². The van der Waals surface area contributed by atoms with Crippen molar-refractivity contribution in [2.75, 3.05) is 13.2 Å². The van der Waals surface area contributed by atoms with Crippen molar-refractivity contribution in [3.8, 4) is 0 Å². The first-order chi connectivity index (χ1) is 11.9. The molecule has 1 aromatic carbocycles. The third kappa shape index (κ3) is 3.68. The number of carbonyl (C=O) groups is 2. The molecule has 0 radical (unpaired) electrons. The first-order valence-corrected chi connectivity index (χ1v) is 7.71. The first kappa shape index (κ1) is 18.2. The molecule has 25 heavy (non-hydrogen) atoms. The summed E-state index contributed by atoms with van der Waals surface area (Å²) >= 11 is 0. The number of nitro benzene ring substituents is 1. The molecule has 0 bridgehead atoms. The van der Waals surface area contributed by atoms with E-state index >= 15 is 0 Å². The predicted octanol–water partition coefficient (Wildman–Crippen LogP) is 2.68. The van der Waals surface area contributed by atoms with Gasteiger partial charge >= 0.3 is 12.0 Å². The Bertz CT molecular complexity index is 739. The van der Waals surface area contributed by atoms with Crippen molar-refractivity contribution in [1.82, 2.24) is 10.2 Å². The Hall–Kier alpha value is -3.16. The van der Waals surface area contributed by atoms with Crippen molar-refractivity contribution in [2.45, 2.75) is 19.9 Å². The number of hydrogen-bond donors (Lipinski definition) is 1. The highest BCUT2D eigenvalue weighted by Gasteiger charge is 2.35. The van der Waals surface area contributed by atoms with Crippen molar-refractivity contribution in [1.29, 1.82) is 0 Å². The van der Waals surface area contributed by atoms with Gasteiger partial charge in [0.15, 0.2) is 0 Å². The molecule has 1 N–H and O–H groups in total. The first-order valence-electron chi connectivity index (χ1n) is 7.71. The van der Waals surface area contributed by atoms with Gasteiger partial charge in [-0.25, -0.2) is 9.59 Å². The Labute approximate surface area is 144 Å². The highest BCUT2D eigenvalue weighted by molar-refractivity contribution is 5.95. The van der Waals surface area contributed by atoms with Gasteiger partial charge in [0.1, 0.15) is 6.61 Å². The molecule has 1 aliphatic heterocycles. The molecule has 1 aliphatic rings. The van der Waals surface area contributed by atoms with Gasteiger partial charge in [-0.2, -0.15) is 0 Å². The van der Waals surface area contributed by atoms with Gasteiger partial charge in [-0.05, 0) is 31.5 Å². The lowest BCUT2D eigenvalue weighted by molar-refractivity contribution is -0.384. The number of benzene rings is 1. The Morgan fingerprint density at radius 3 is 2.60 bits per heavy atom. The molecule has 8 nitrogen and oxygen atoms in total. The number of amides is 2. The monoisotopic (exact) mass is 345 g/mol. The number of ether oxygens (including phenoxy) is 1. The number of non-ortho nitro benzene ring substituents is 1. The highest BCUT2D eigenvalue weighted by atomic mass is 16.6. The van der Waals surface area contributed by atoms with Crippen LogP contribution < -0.4 is 5.32 Å². The minimum absolute atomic E-state index is 0.0443. The average molecular weight is 345 g/mol. The highest BCUT2D eigenvalue weighted by Crippen LogP contribution is 2.32. The van der Waals surface area contributed by atoms with Crippen LogP contribution in [0.25, 0.3) is 0 Å². The van der Waals surface area contributed by atoms with E-state index in [1.54, 1.807) is 13.8 Å². The number of rotatable bonds is 6. The molecule has 2 rings (SSSR count). The summed E-state index contributed by atoms with van der Waals surface area (Å²) in [7, 11) is 0. The lowest BCUT2D eigenvalue weighted by atomic mass is 9.94. The zero-order valence-electron chi connectivity index (χ0n) is 14.0. The average Bonchev–Trinajstić information content (AvgIpc) is 2.59. The van der Waals surface area contributed by atoms with Crippen LogP contribution in [0, 0.1) is 10.1 Å². The molecule has 132 valence electrons. The number of hydrogen-bond acceptors (Lipinski definition) is 5. The summed E-state index contributed by atoms with van der Waals surface area (Å²) in [6.07, 6.45) is 1.45. The number of carbonyl (C=O) groups excluding carboxylic acids is 2. The standard InChI is InChI=1S/C17H19N3O5/c1-4-10-25-16(21)14-11(3)19(5-2)17(22)18-15(14)12-6-8-13(9-7-12)20(23)24/h4,6-9,15H,1,5,10H2,2-3H3,(H,18,22). The second-order valence-corrected chi connectivity index (χ2v) is 5.36. The Kier molecular flexibility index (Phi) is 5.53. The fraction of sp³-hybridized carbons (Fsp3) is 0.294. The number of esters is 1. The number of allylic oxidation sites excluding steroid dienone is 1. The van der Waals surface area contributed by atoms with Crippen molar-refractivity contribution in [2.24, 2.45) is 0 Å². The van der Waals surface area contributed by atoms with Crippen LogP contribution in [-0.2, 0) is 9.53 Å². The molecule has 1 heterocycles. The van der Waals surface area contributed by atoms with Crippen molar-refractivity contribution < 1.29 is 19.2 Å². The minimum atomic E-state index is -0.742. The van der Waals surface area contributed by atoms with E-state index in [9.17, 15) is 19.7 Å². The molecular formula is C17H19N3O5. The van der Waals surface area contributed by atoms with Crippen LogP contribution in [0.4, 0.5) is 10.5 Å². The molecule has 8 heteroatoms. The minimum Gasteiger partial charge on any atom is -0.458 e. The van der Waals surface area contributed by atoms with Crippen molar-refractivity contribution in [3.63, 3.8) is 0 Å². The van der Waals surface area contributed by atoms with E-state index in [4.69, 9.17) is 4.74 Å². The summed E-state index contributed by atoms with van der Waals surface area (Å²) in [5.41, 5.74) is 1.26. The van der Waals surface area contributed by atoms with E-state index in [1.165, 1.54) is 35.2 Å². The maximum absolute atomic E-state index is 12.5. The Morgan fingerprint density at radius 1 is 1.44 bits per heavy atom. The second kappa shape index (κ2) is 7.61. The van der Waals surface area contributed by atoms with Gasteiger partial charge in [-0.3, -0.25) is 15.0 Å². The van der Waals surface area contributed by atoms with Crippen LogP contribution in [0.3, 0.4) is 0 Å². The lowest BCUT2D eigenvalue weighted by Crippen LogP contribution is -2.47. The largest absolute Gasteiger partial charge is 0.458 e. The van der Waals surface area contributed by atoms with Crippen LogP contribution in [0.5, 0.6) is 0 Å². The van der Waals surface area contributed by atoms with E-state index in [-0.39, 0.29) is 23.9 Å². The SMILES string of the molecule is C=CCOC(=O)C1=C(C)N(CC)C(=O)NC1c1ccc([N+](=O)[O-])cc1. The molecule has 1 atom stereocenters. The topological polar surface area (TPSA) is 102 Å². The van der Waals surface area contributed by atoms with Crippen molar-refractivity contribution in [3.05, 3.63) is 63.9 Å². The van der Waals surface area contributed by atoms with Gasteiger partial charge in [0, 0.05) is 24.4 Å². The molecule has 0 saturated heterocycles. The summed E-state index contributed by atoms with van der Waals surface area (Å²) in [5.74, 6) is -0.570. The molecule has 2 amide bonds. The number of nitrogens with zero attached hydrogens (tertiary/aromatic N) is 2. The van der Waals surface area contributed by atoms with Gasteiger partial charge in [-0.15, -0.1) is 0 Å². The van der Waals surface area contributed by atoms with Crippen molar-refractivity contribution >= 4 is 17.7 Å². The zero-order valence-corrected chi connectivity index (χ0v) is 14.0. The molecule has 0 fully saturated rings. The smallest absolute Gasteiger partial charge is 0.338 e. The molecule has 0 aromatic heterocycles. The van der Waals surface area contributed by atoms with Gasteiger partial charge in [0.25, 0.3) is 5.69 Å². The van der Waals surface area contributed by atoms with Crippen LogP contribution in [0.15, 0.2) is 48.2 Å². The lowest BCUT2D eigenvalue weighted by Gasteiger charge is -2.34. The number of nitro groups is 1. The maximum atomic E-state index is 12.5. The van der Waals surface area contributed by atoms with Gasteiger partial charge in [0.05, 0.1) is 16.5 Å². The maximum Gasteiger partial charge on any atom is 0.338 e. The van der Waals surface area contributed by atoms with Crippen LogP contribution in [0.2, 0.25) is 0 Å². The van der Waals surface area contributed by atoms with E-state index in [0.717, 1.165) is 0 Å². The summed E-state index contributed by atoms with van der Waals surface area (Å²) in [6, 6.07) is 4.60. The van der Waals surface area contributed by atoms with Crippen LogP contribution in [0.1, 0.15) is 25.5 Å². The summed E-state index contributed by atoms with van der Waals surface area (Å²) in [4.78, 5) is 36.5. The summed E-state index contributed by atoms with van der Waals surface area (Å²) < 4.78 is 5.14. The molecule has 0 aliphatic carbocycles. The van der Waals surface area contributed by atoms with Crippen LogP contribution in [-0.4, -0.2) is 35.0 Å². The molecule has 0 saturated carbocycles. The van der Waals surface area contributed by atoms with Gasteiger partial charge in [-0.1, -0.05) is 12.7 Å². The molecule has 1 aromatic rings. The van der Waals surface area contributed by atoms with Gasteiger partial charge < -0.3 is 10.1 Å². The van der Waals surface area contributed by atoms with E-state index in [1.807, 2.05) is 0 Å². The predicted molar refractivity (Wildman–Crippen MR) is 90.6 cm³/mol. The third-order valence-corrected chi connectivity index (χ3v) is 3.90. The second-order valence-electron chi connectivity index (χ2n) is 5.36. The quantitative estimate of drug-likeness (QED) is 0.370. The van der Waals surface area contributed by atoms with E-state index < -0.39 is 16.9 Å². The summed E-state index contributed by atoms with van der Waals surface area (Å²) in [5, 5.41) is 13.6. The third-order valence-electron chi connectivity index (χ3n) is 3.90. The normalized spacial score (nSPS) is 17.1. The fourth-order valence-corrected chi connectivity index (χ4v) is 2.68. The zero-order chi connectivity index (χ0) is 18.6. The molecule has 1 unspecified atom stereocenters. The Morgan fingerprint density at radius 2 is 2.08 bits per heavy atom. The fourth-order valence-electron chi connectivity index (χ4n) is 2.68. The summed E-state index contributed by atoms with van der Waals surface area (Å²) in [6.45, 7) is 7.41.